The van der Waals surface area contributed by atoms with Crippen LogP contribution in [-0.2, 0) is 9.59 Å². The van der Waals surface area contributed by atoms with E-state index in [-0.39, 0.29) is 25.5 Å². The molecule has 1 amide bonds. The molecular formula is C14H24N3O2-. The second kappa shape index (κ2) is 14.2. The molecule has 1 N–H and O–H groups in total. The Labute approximate surface area is 116 Å². The Morgan fingerprint density at radius 1 is 1.05 bits per heavy atom. The molecule has 19 heavy (non-hydrogen) atoms. The third-order valence-electron chi connectivity index (χ3n) is 1.70. The van der Waals surface area contributed by atoms with Gasteiger partial charge in [-0.15, -0.1) is 0 Å². The molecule has 0 unspecified atom stereocenters. The van der Waals surface area contributed by atoms with Gasteiger partial charge in [-0.05, 0) is 11.8 Å². The van der Waals surface area contributed by atoms with E-state index in [4.69, 9.17) is 10.5 Å². The Hall–Kier alpha value is -1.88. The summed E-state index contributed by atoms with van der Waals surface area (Å²) < 4.78 is 0. The van der Waals surface area contributed by atoms with Gasteiger partial charge in [-0.1, -0.05) is 27.7 Å². The molecule has 0 aliphatic carbocycles. The maximum absolute atomic E-state index is 10.6. The number of carbonyl (C=O) groups is 2. The van der Waals surface area contributed by atoms with E-state index in [2.05, 4.69) is 0 Å². The molecule has 0 heterocycles. The highest BCUT2D eigenvalue weighted by Crippen LogP contribution is 2.01. The third-order valence-corrected chi connectivity index (χ3v) is 1.70. The summed E-state index contributed by atoms with van der Waals surface area (Å²) in [5, 5.41) is 18.1. The lowest BCUT2D eigenvalue weighted by Crippen LogP contribution is -2.18. The Balaban J connectivity index is -0.000000256. The molecule has 5 nitrogen and oxygen atoms in total. The normalized spacial score (nSPS) is 8.42. The summed E-state index contributed by atoms with van der Waals surface area (Å²) >= 11 is 0. The molecule has 108 valence electrons. The fraction of sp³-hybridized carbons (Fsp3) is 0.643. The number of hydrogen-bond donors (Lipinski definition) is 1. The van der Waals surface area contributed by atoms with E-state index < -0.39 is 0 Å². The second-order valence-electron chi connectivity index (χ2n) is 4.73. The topological polar surface area (TPSA) is 93.8 Å². The monoisotopic (exact) mass is 266 g/mol. The molecule has 0 spiro atoms. The van der Waals surface area contributed by atoms with Crippen LogP contribution >= 0.6 is 0 Å². The molecule has 0 bridgehead atoms. The molecule has 5 heteroatoms. The minimum absolute atomic E-state index is 0. The first kappa shape index (κ1) is 22.3. The first-order valence-electron chi connectivity index (χ1n) is 5.90. The van der Waals surface area contributed by atoms with Gasteiger partial charge in [0, 0.05) is 12.8 Å². The number of amides is 1. The Kier molecular flexibility index (Phi) is 16.7. The minimum Gasteiger partial charge on any atom is -0.358 e. The largest absolute Gasteiger partial charge is 0.358 e. The van der Waals surface area contributed by atoms with Crippen molar-refractivity contribution in [2.75, 3.05) is 0 Å². The zero-order valence-electron chi connectivity index (χ0n) is 12.5. The maximum atomic E-state index is 10.6. The lowest BCUT2D eigenvalue weighted by Gasteiger charge is -1.98. The van der Waals surface area contributed by atoms with Crippen molar-refractivity contribution < 1.29 is 9.59 Å². The van der Waals surface area contributed by atoms with Gasteiger partial charge in [-0.3, -0.25) is 14.9 Å². The van der Waals surface area contributed by atoms with Gasteiger partial charge in [0.05, 0.1) is 12.5 Å². The van der Waals surface area contributed by atoms with Crippen LogP contribution in [0.15, 0.2) is 0 Å². The van der Waals surface area contributed by atoms with Gasteiger partial charge >= 0.3 is 0 Å². The number of rotatable bonds is 5. The predicted molar refractivity (Wildman–Crippen MR) is 74.3 cm³/mol. The smallest absolute Gasteiger partial charge is 0.233 e. The van der Waals surface area contributed by atoms with Crippen LogP contribution in [-0.4, -0.2) is 11.7 Å². The highest BCUT2D eigenvalue weighted by Gasteiger charge is 2.02. The number of carbonyl (C=O) groups excluding carboxylic acids is 2. The Morgan fingerprint density at radius 2 is 1.53 bits per heavy atom. The van der Waals surface area contributed by atoms with E-state index in [0.29, 0.717) is 24.7 Å². The number of nitriles is 2. The SMILES string of the molecule is CC(C)CC(=O)CC#N.CC(C)CC(=O)NC#N.[CH3-]. The van der Waals surface area contributed by atoms with E-state index >= 15 is 0 Å². The summed E-state index contributed by atoms with van der Waals surface area (Å²) in [4.78, 5) is 21.2. The molecule has 0 aliphatic rings. The molecule has 0 radical (unpaired) electrons. The van der Waals surface area contributed by atoms with Crippen LogP contribution in [0, 0.1) is 42.0 Å². The quantitative estimate of drug-likeness (QED) is 0.470. The predicted octanol–water partition coefficient (Wildman–Crippen LogP) is 2.60. The van der Waals surface area contributed by atoms with Crippen LogP contribution in [0.4, 0.5) is 0 Å². The third kappa shape index (κ3) is 21.9. The first-order chi connectivity index (χ1) is 8.33. The summed E-state index contributed by atoms with van der Waals surface area (Å²) in [6.07, 6.45) is 2.60. The van der Waals surface area contributed by atoms with Gasteiger partial charge in [0.25, 0.3) is 0 Å². The fourth-order valence-electron chi connectivity index (χ4n) is 1.10. The van der Waals surface area contributed by atoms with Gasteiger partial charge in [0.1, 0.15) is 5.78 Å². The number of nitrogens with zero attached hydrogens (tertiary/aromatic N) is 2. The first-order valence-corrected chi connectivity index (χ1v) is 5.90. The van der Waals surface area contributed by atoms with Crippen molar-refractivity contribution in [2.45, 2.75) is 47.0 Å². The van der Waals surface area contributed by atoms with Gasteiger partial charge in [0.2, 0.25) is 5.91 Å². The zero-order valence-corrected chi connectivity index (χ0v) is 12.5. The summed E-state index contributed by atoms with van der Waals surface area (Å²) in [6.45, 7) is 7.79. The summed E-state index contributed by atoms with van der Waals surface area (Å²) in [5.74, 6) is 0.546. The van der Waals surface area contributed by atoms with Crippen LogP contribution in [0.3, 0.4) is 0 Å². The highest BCUT2D eigenvalue weighted by molar-refractivity contribution is 5.80. The fourth-order valence-corrected chi connectivity index (χ4v) is 1.10. The number of Topliss-reactive ketones (excluding diaryl/α,β-unsaturated/α-hetero) is 1. The van der Waals surface area contributed by atoms with Crippen LogP contribution in [0.1, 0.15) is 47.0 Å². The van der Waals surface area contributed by atoms with Crippen molar-refractivity contribution in [3.8, 4) is 12.3 Å². The molecule has 0 aromatic heterocycles. The van der Waals surface area contributed by atoms with Crippen LogP contribution in [0.25, 0.3) is 0 Å². The number of hydrogen-bond acceptors (Lipinski definition) is 4. The molecule has 0 fully saturated rings. The van der Waals surface area contributed by atoms with E-state index in [1.54, 1.807) is 6.19 Å². The lowest BCUT2D eigenvalue weighted by molar-refractivity contribution is -0.121. The maximum Gasteiger partial charge on any atom is 0.233 e. The van der Waals surface area contributed by atoms with Crippen molar-refractivity contribution in [1.82, 2.24) is 5.32 Å². The van der Waals surface area contributed by atoms with Crippen LogP contribution in [0.2, 0.25) is 0 Å². The average molecular weight is 266 g/mol. The molecule has 0 rings (SSSR count). The Morgan fingerprint density at radius 3 is 1.84 bits per heavy atom. The molecule has 0 aliphatic heterocycles. The standard InChI is InChI=1S/C7H11NO.C6H10N2O.CH3/c1-6(2)5-7(9)3-4-8;1-5(2)3-6(9)8-4-7;/h6H,3,5H2,1-2H3;5H,3H2,1-2H3,(H,8,9);1H3/q;;-1. The van der Waals surface area contributed by atoms with Crippen molar-refractivity contribution >= 4 is 11.7 Å². The van der Waals surface area contributed by atoms with Crippen LogP contribution < -0.4 is 5.32 Å². The molecular weight excluding hydrogens is 242 g/mol. The molecule has 0 saturated carbocycles. The van der Waals surface area contributed by atoms with Crippen LogP contribution in [0.5, 0.6) is 0 Å². The van der Waals surface area contributed by atoms with Gasteiger partial charge in [0.15, 0.2) is 6.19 Å². The average Bonchev–Trinajstić information content (AvgIpc) is 2.16. The second-order valence-corrected chi connectivity index (χ2v) is 4.73. The number of nitrogens with one attached hydrogen (secondary N) is 1. The van der Waals surface area contributed by atoms with Crippen molar-refractivity contribution in [1.29, 1.82) is 10.5 Å². The summed E-state index contributed by atoms with van der Waals surface area (Å²) in [6, 6.07) is 1.82. The minimum atomic E-state index is -0.201. The number of ketones is 1. The zero-order chi connectivity index (χ0) is 14.6. The molecule has 0 saturated heterocycles. The van der Waals surface area contributed by atoms with E-state index in [1.165, 1.54) is 0 Å². The summed E-state index contributed by atoms with van der Waals surface area (Å²) in [5.41, 5.74) is 0. The molecule has 0 aromatic rings. The van der Waals surface area contributed by atoms with E-state index in [0.717, 1.165) is 0 Å². The molecule has 0 aromatic carbocycles. The van der Waals surface area contributed by atoms with E-state index in [9.17, 15) is 9.59 Å². The van der Waals surface area contributed by atoms with Gasteiger partial charge in [-0.2, -0.15) is 10.5 Å². The van der Waals surface area contributed by atoms with E-state index in [1.807, 2.05) is 39.1 Å². The lowest BCUT2D eigenvalue weighted by atomic mass is 10.1. The highest BCUT2D eigenvalue weighted by atomic mass is 16.1. The van der Waals surface area contributed by atoms with Crippen molar-refractivity contribution in [2.24, 2.45) is 11.8 Å². The van der Waals surface area contributed by atoms with Crippen molar-refractivity contribution in [3.05, 3.63) is 7.43 Å². The summed E-state index contributed by atoms with van der Waals surface area (Å²) in [7, 11) is 0. The van der Waals surface area contributed by atoms with Crippen molar-refractivity contribution in [3.63, 3.8) is 0 Å². The molecule has 0 atom stereocenters. The van der Waals surface area contributed by atoms with Gasteiger partial charge < -0.3 is 7.43 Å². The Bertz CT molecular complexity index is 302. The van der Waals surface area contributed by atoms with Gasteiger partial charge in [-0.25, -0.2) is 0 Å².